The molecule has 1 aromatic carbocycles. The van der Waals surface area contributed by atoms with Crippen molar-refractivity contribution in [1.29, 1.82) is 5.41 Å². The van der Waals surface area contributed by atoms with E-state index in [-0.39, 0.29) is 0 Å². The summed E-state index contributed by atoms with van der Waals surface area (Å²) in [6.07, 6.45) is 0.750. The van der Waals surface area contributed by atoms with Crippen molar-refractivity contribution >= 4 is 19.4 Å². The summed E-state index contributed by atoms with van der Waals surface area (Å²) in [5.41, 5.74) is 0.883. The molecular formula is C8H10NO3P. The van der Waals surface area contributed by atoms with E-state index in [1.807, 2.05) is 19.1 Å². The first-order valence-corrected chi connectivity index (χ1v) is 4.81. The molecule has 70 valence electrons. The van der Waals surface area contributed by atoms with Gasteiger partial charge in [-0.3, -0.25) is 4.57 Å². The zero-order valence-electron chi connectivity index (χ0n) is 7.07. The highest BCUT2D eigenvalue weighted by molar-refractivity contribution is 7.47. The van der Waals surface area contributed by atoms with Gasteiger partial charge in [-0.2, -0.15) is 0 Å². The highest BCUT2D eigenvalue weighted by Crippen LogP contribution is 2.14. The van der Waals surface area contributed by atoms with Crippen molar-refractivity contribution in [2.75, 3.05) is 0 Å². The van der Waals surface area contributed by atoms with Gasteiger partial charge < -0.3 is 4.89 Å². The van der Waals surface area contributed by atoms with E-state index in [2.05, 4.69) is 0 Å². The number of nitrogens with one attached hydrogen (secondary N) is 1. The van der Waals surface area contributed by atoms with Gasteiger partial charge in [-0.05, 0) is 18.6 Å². The molecule has 1 atom stereocenters. The molecule has 5 heteroatoms. The number of isocyanates is 1. The molecule has 1 unspecified atom stereocenters. The van der Waals surface area contributed by atoms with Crippen LogP contribution in [-0.2, 0) is 9.36 Å². The maximum absolute atomic E-state index is 10.6. The van der Waals surface area contributed by atoms with Gasteiger partial charge in [0.1, 0.15) is 0 Å². The van der Waals surface area contributed by atoms with E-state index < -0.39 is 8.03 Å². The maximum Gasteiger partial charge on any atom is 0.231 e. The maximum atomic E-state index is 10.6. The summed E-state index contributed by atoms with van der Waals surface area (Å²) >= 11 is 0. The minimum Gasteiger partial charge on any atom is -0.343 e. The normalized spacial score (nSPS) is 10.6. The summed E-state index contributed by atoms with van der Waals surface area (Å²) in [7, 11) is -2.49. The van der Waals surface area contributed by atoms with Gasteiger partial charge in [-0.1, -0.05) is 18.2 Å². The number of hydrogen-bond acceptors (Lipinski definition) is 3. The van der Waals surface area contributed by atoms with Crippen LogP contribution in [0.4, 0.5) is 0 Å². The predicted octanol–water partition coefficient (Wildman–Crippen LogP) is 0.988. The Bertz CT molecular complexity index is 332. The lowest BCUT2D eigenvalue weighted by atomic mass is 10.2. The molecule has 0 aliphatic heterocycles. The van der Waals surface area contributed by atoms with Crippen LogP contribution >= 0.6 is 8.03 Å². The molecule has 13 heavy (non-hydrogen) atoms. The number of benzene rings is 1. The van der Waals surface area contributed by atoms with Crippen LogP contribution in [0.15, 0.2) is 24.3 Å². The van der Waals surface area contributed by atoms with E-state index in [0.29, 0.717) is 5.30 Å². The summed E-state index contributed by atoms with van der Waals surface area (Å²) in [6, 6.07) is 7.12. The van der Waals surface area contributed by atoms with Crippen molar-refractivity contribution in [3.05, 3.63) is 29.8 Å². The van der Waals surface area contributed by atoms with E-state index in [4.69, 9.17) is 15.1 Å². The molecule has 0 bridgehead atoms. The molecule has 0 fully saturated rings. The largest absolute Gasteiger partial charge is 0.343 e. The molecule has 1 rings (SSSR count). The van der Waals surface area contributed by atoms with Gasteiger partial charge in [0.2, 0.25) is 14.1 Å². The van der Waals surface area contributed by atoms with Crippen LogP contribution < -0.4 is 5.30 Å². The van der Waals surface area contributed by atoms with Crippen LogP contribution in [-0.4, -0.2) is 11.0 Å². The molecule has 0 saturated heterocycles. The molecule has 2 N–H and O–H groups in total. The molecule has 0 saturated carbocycles. The first kappa shape index (κ1) is 11.8. The number of aryl methyl sites for hydroxylation is 1. The third kappa shape index (κ3) is 4.38. The summed E-state index contributed by atoms with van der Waals surface area (Å²) in [4.78, 5) is 17.1. The average molecular weight is 199 g/mol. The number of carbonyl (C=O) groups excluding carboxylic acids is 1. The lowest BCUT2D eigenvalue weighted by Crippen LogP contribution is -1.99. The van der Waals surface area contributed by atoms with Gasteiger partial charge in [-0.15, -0.1) is 0 Å². The average Bonchev–Trinajstić information content (AvgIpc) is 2.06. The van der Waals surface area contributed by atoms with Crippen LogP contribution in [0.25, 0.3) is 0 Å². The second-order valence-corrected chi connectivity index (χ2v) is 3.37. The second-order valence-electron chi connectivity index (χ2n) is 2.22. The smallest absolute Gasteiger partial charge is 0.231 e. The van der Waals surface area contributed by atoms with Crippen LogP contribution in [0.1, 0.15) is 5.56 Å². The zero-order chi connectivity index (χ0) is 10.3. The molecule has 0 aliphatic carbocycles. The molecule has 0 amide bonds. The van der Waals surface area contributed by atoms with Crippen LogP contribution in [0.2, 0.25) is 0 Å². The first-order chi connectivity index (χ1) is 6.13. The minimum absolute atomic E-state index is 0.563. The highest BCUT2D eigenvalue weighted by atomic mass is 31.1. The van der Waals surface area contributed by atoms with Crippen LogP contribution in [0, 0.1) is 12.3 Å². The van der Waals surface area contributed by atoms with E-state index in [1.54, 1.807) is 12.1 Å². The summed E-state index contributed by atoms with van der Waals surface area (Å²) < 4.78 is 10.6. The lowest BCUT2D eigenvalue weighted by Gasteiger charge is -1.97. The van der Waals surface area contributed by atoms with Crippen molar-refractivity contribution < 1.29 is 14.3 Å². The van der Waals surface area contributed by atoms with Gasteiger partial charge in [0.25, 0.3) is 0 Å². The molecule has 0 aromatic heterocycles. The Kier molecular flexibility index (Phi) is 5.73. The fourth-order valence-corrected chi connectivity index (χ4v) is 1.47. The van der Waals surface area contributed by atoms with Gasteiger partial charge in [0, 0.05) is 5.30 Å². The van der Waals surface area contributed by atoms with E-state index >= 15 is 0 Å². The van der Waals surface area contributed by atoms with Crippen LogP contribution in [0.5, 0.6) is 0 Å². The van der Waals surface area contributed by atoms with Crippen molar-refractivity contribution in [3.63, 3.8) is 0 Å². The predicted molar refractivity (Wildman–Crippen MR) is 50.4 cm³/mol. The van der Waals surface area contributed by atoms with Gasteiger partial charge in [0.15, 0.2) is 0 Å². The SMILES string of the molecule is Cc1ccccc1[PH](=O)O.N=C=O. The third-order valence-electron chi connectivity index (χ3n) is 1.38. The summed E-state index contributed by atoms with van der Waals surface area (Å²) in [6.45, 7) is 1.83. The van der Waals surface area contributed by atoms with Crippen LogP contribution in [0.3, 0.4) is 0 Å². The van der Waals surface area contributed by atoms with Crippen molar-refractivity contribution in [2.45, 2.75) is 6.92 Å². The summed E-state index contributed by atoms with van der Waals surface area (Å²) in [5.74, 6) is 0. The molecule has 0 spiro atoms. The molecule has 0 radical (unpaired) electrons. The fraction of sp³-hybridized carbons (Fsp3) is 0.125. The Morgan fingerprint density at radius 1 is 1.46 bits per heavy atom. The zero-order valence-corrected chi connectivity index (χ0v) is 8.07. The van der Waals surface area contributed by atoms with Crippen molar-refractivity contribution in [2.24, 2.45) is 0 Å². The monoisotopic (exact) mass is 199 g/mol. The topological polar surface area (TPSA) is 78.2 Å². The highest BCUT2D eigenvalue weighted by Gasteiger charge is 1.99. The standard InChI is InChI=1S/C7H9O2P.CHNO/c1-6-4-2-3-5-7(6)10(8)9;2-1-3/h2-5,10H,1H3,(H,8,9);2H. The van der Waals surface area contributed by atoms with Gasteiger partial charge in [0.05, 0.1) is 0 Å². The molecule has 4 nitrogen and oxygen atoms in total. The molecule has 1 aromatic rings. The first-order valence-electron chi connectivity index (χ1n) is 3.46. The fourth-order valence-electron chi connectivity index (χ4n) is 0.813. The minimum atomic E-state index is -2.49. The van der Waals surface area contributed by atoms with E-state index in [1.165, 1.54) is 0 Å². The molecule has 0 heterocycles. The Labute approximate surface area is 76.6 Å². The Morgan fingerprint density at radius 3 is 2.23 bits per heavy atom. The molecule has 0 aliphatic rings. The van der Waals surface area contributed by atoms with Crippen molar-refractivity contribution in [1.82, 2.24) is 0 Å². The Hall–Kier alpha value is -1.21. The van der Waals surface area contributed by atoms with E-state index in [9.17, 15) is 4.57 Å². The lowest BCUT2D eigenvalue weighted by molar-refractivity contribution is 0.513. The summed E-state index contributed by atoms with van der Waals surface area (Å²) in [5, 5.41) is 5.97. The van der Waals surface area contributed by atoms with Gasteiger partial charge >= 0.3 is 0 Å². The number of hydrogen-bond donors (Lipinski definition) is 2. The third-order valence-corrected chi connectivity index (χ3v) is 2.40. The second kappa shape index (κ2) is 6.32. The molecular weight excluding hydrogens is 189 g/mol. The Morgan fingerprint density at radius 2 is 1.92 bits per heavy atom. The quantitative estimate of drug-likeness (QED) is 0.402. The van der Waals surface area contributed by atoms with Gasteiger partial charge in [-0.25, -0.2) is 10.2 Å². The number of rotatable bonds is 1. The van der Waals surface area contributed by atoms with Crippen molar-refractivity contribution in [3.8, 4) is 0 Å². The Balaban J connectivity index is 0.000000424. The van der Waals surface area contributed by atoms with E-state index in [0.717, 1.165) is 11.6 Å².